The molecule has 0 unspecified atom stereocenters. The summed E-state index contributed by atoms with van der Waals surface area (Å²) in [6.07, 6.45) is 0. The molecule has 8 nitrogen and oxygen atoms in total. The Hall–Kier alpha value is -2.88. The number of halogens is 1. The van der Waals surface area contributed by atoms with Crippen LogP contribution in [0.4, 0.5) is 0 Å². The van der Waals surface area contributed by atoms with E-state index >= 15 is 0 Å². The minimum atomic E-state index is -4.70. The van der Waals surface area contributed by atoms with Gasteiger partial charge < -0.3 is 13.9 Å². The Morgan fingerprint density at radius 1 is 1.04 bits per heavy atom. The fourth-order valence-electron chi connectivity index (χ4n) is 2.40. The maximum Gasteiger partial charge on any atom is 0.446 e. The van der Waals surface area contributed by atoms with Crippen LogP contribution in [0, 0.1) is 0 Å². The zero-order chi connectivity index (χ0) is 19.6. The molecule has 1 aromatic heterocycles. The lowest BCUT2D eigenvalue weighted by Gasteiger charge is -2.10. The molecule has 2 aromatic carbocycles. The van der Waals surface area contributed by atoms with E-state index in [4.69, 9.17) is 20.9 Å². The Balaban J connectivity index is 2.06. The van der Waals surface area contributed by atoms with E-state index in [9.17, 15) is 13.2 Å². The fraction of sp³-hybridized carbons (Fsp3) is 0.0588. The highest BCUT2D eigenvalue weighted by Gasteiger charge is 2.15. The molecule has 3 rings (SSSR count). The van der Waals surface area contributed by atoms with Crippen molar-refractivity contribution in [3.05, 3.63) is 64.0 Å². The van der Waals surface area contributed by atoms with Crippen LogP contribution in [0.1, 0.15) is 0 Å². The monoisotopic (exact) mass is 408 g/mol. The van der Waals surface area contributed by atoms with E-state index in [0.29, 0.717) is 22.0 Å². The van der Waals surface area contributed by atoms with Gasteiger partial charge in [0.15, 0.2) is 11.5 Å². The summed E-state index contributed by atoms with van der Waals surface area (Å²) < 4.78 is 40.2. The highest BCUT2D eigenvalue weighted by Crippen LogP contribution is 2.33. The van der Waals surface area contributed by atoms with Crippen molar-refractivity contribution in [1.29, 1.82) is 0 Å². The Bertz CT molecular complexity index is 1140. The normalized spacial score (nSPS) is 11.2. The van der Waals surface area contributed by atoms with E-state index in [1.165, 1.54) is 25.3 Å². The van der Waals surface area contributed by atoms with Gasteiger partial charge in [0.1, 0.15) is 0 Å². The van der Waals surface area contributed by atoms with E-state index in [2.05, 4.69) is 14.2 Å². The summed E-state index contributed by atoms with van der Waals surface area (Å²) in [4.78, 5) is 18.5. The number of hydrogen-bond donors (Lipinski definition) is 2. The first kappa shape index (κ1) is 18.9. The molecular weight excluding hydrogens is 396 g/mol. The predicted octanol–water partition coefficient (Wildman–Crippen LogP) is 2.95. The number of ether oxygens (including phenoxy) is 1. The van der Waals surface area contributed by atoms with E-state index in [1.54, 1.807) is 30.3 Å². The van der Waals surface area contributed by atoms with Gasteiger partial charge >= 0.3 is 16.1 Å². The SMILES string of the molecule is COc1cc(-c2cc(-c3ccc(Cl)cc3)[nH]c(=O)n2)ccc1OS(=O)(=O)O. The van der Waals surface area contributed by atoms with Crippen LogP contribution in [0.3, 0.4) is 0 Å². The van der Waals surface area contributed by atoms with Crippen molar-refractivity contribution in [1.82, 2.24) is 9.97 Å². The van der Waals surface area contributed by atoms with Crippen molar-refractivity contribution in [2.75, 3.05) is 7.11 Å². The zero-order valence-electron chi connectivity index (χ0n) is 13.8. The standard InChI is InChI=1S/C17H13ClN2O6S/c1-25-16-8-11(4-7-15(16)26-27(22,23)24)14-9-13(19-17(21)20-14)10-2-5-12(18)6-3-10/h2-9H,1H3,(H,19,20,21)(H,22,23,24). The third kappa shape index (κ3) is 4.64. The largest absolute Gasteiger partial charge is 0.493 e. The number of H-pyrrole nitrogens is 1. The summed E-state index contributed by atoms with van der Waals surface area (Å²) in [5.41, 5.74) is 1.52. The Kier molecular flexibility index (Phi) is 5.17. The summed E-state index contributed by atoms with van der Waals surface area (Å²) >= 11 is 5.88. The minimum absolute atomic E-state index is 0.0419. The molecule has 3 aromatic rings. The number of aromatic nitrogens is 2. The average Bonchev–Trinajstić information content (AvgIpc) is 2.61. The second-order valence-electron chi connectivity index (χ2n) is 5.37. The van der Waals surface area contributed by atoms with Gasteiger partial charge in [-0.25, -0.2) is 4.79 Å². The molecule has 140 valence electrons. The second-order valence-corrected chi connectivity index (χ2v) is 6.83. The van der Waals surface area contributed by atoms with Crippen LogP contribution in [-0.2, 0) is 10.4 Å². The first-order valence-corrected chi connectivity index (χ1v) is 9.22. The molecule has 0 saturated heterocycles. The average molecular weight is 409 g/mol. The van der Waals surface area contributed by atoms with Crippen molar-refractivity contribution < 1.29 is 21.9 Å². The van der Waals surface area contributed by atoms with Gasteiger partial charge in [0, 0.05) is 10.6 Å². The Labute approximate surface area is 159 Å². The summed E-state index contributed by atoms with van der Waals surface area (Å²) in [6.45, 7) is 0. The smallest absolute Gasteiger partial charge is 0.446 e. The highest BCUT2D eigenvalue weighted by atomic mass is 35.5. The molecule has 0 fully saturated rings. The molecule has 10 heteroatoms. The molecule has 0 aliphatic carbocycles. The molecule has 0 amide bonds. The first-order chi connectivity index (χ1) is 12.7. The molecule has 0 atom stereocenters. The summed E-state index contributed by atoms with van der Waals surface area (Å²) in [5, 5.41) is 0.564. The lowest BCUT2D eigenvalue weighted by Crippen LogP contribution is -2.12. The number of methoxy groups -OCH3 is 1. The number of nitrogens with one attached hydrogen (secondary N) is 1. The van der Waals surface area contributed by atoms with Crippen LogP contribution in [-0.4, -0.2) is 30.0 Å². The number of benzene rings is 2. The third-order valence-corrected chi connectivity index (χ3v) is 4.20. The van der Waals surface area contributed by atoms with Crippen molar-refractivity contribution in [2.45, 2.75) is 0 Å². The van der Waals surface area contributed by atoms with Gasteiger partial charge in [-0.1, -0.05) is 23.7 Å². The van der Waals surface area contributed by atoms with Gasteiger partial charge in [-0.05, 0) is 42.0 Å². The van der Waals surface area contributed by atoms with Crippen molar-refractivity contribution >= 4 is 22.0 Å². The van der Waals surface area contributed by atoms with Crippen LogP contribution >= 0.6 is 11.6 Å². The quantitative estimate of drug-likeness (QED) is 0.623. The summed E-state index contributed by atoms with van der Waals surface area (Å²) in [6, 6.07) is 12.8. The fourth-order valence-corrected chi connectivity index (χ4v) is 2.89. The number of rotatable bonds is 5. The first-order valence-electron chi connectivity index (χ1n) is 7.48. The van der Waals surface area contributed by atoms with Crippen LogP contribution in [0.25, 0.3) is 22.5 Å². The van der Waals surface area contributed by atoms with Crippen LogP contribution in [0.2, 0.25) is 5.02 Å². The van der Waals surface area contributed by atoms with E-state index in [0.717, 1.165) is 5.56 Å². The number of hydrogen-bond acceptors (Lipinski definition) is 6. The lowest BCUT2D eigenvalue weighted by molar-refractivity contribution is 0.360. The molecule has 0 aliphatic heterocycles. The van der Waals surface area contributed by atoms with Gasteiger partial charge in [-0.3, -0.25) is 4.55 Å². The van der Waals surface area contributed by atoms with E-state index < -0.39 is 16.1 Å². The molecule has 2 N–H and O–H groups in total. The molecule has 0 radical (unpaired) electrons. The number of aromatic amines is 1. The van der Waals surface area contributed by atoms with Crippen molar-refractivity contribution in [3.63, 3.8) is 0 Å². The van der Waals surface area contributed by atoms with Crippen LogP contribution in [0.15, 0.2) is 53.3 Å². The highest BCUT2D eigenvalue weighted by molar-refractivity contribution is 7.81. The van der Waals surface area contributed by atoms with Crippen molar-refractivity contribution in [3.8, 4) is 34.0 Å². The van der Waals surface area contributed by atoms with Crippen LogP contribution in [0.5, 0.6) is 11.5 Å². The topological polar surface area (TPSA) is 119 Å². The molecular formula is C17H13ClN2O6S. The third-order valence-electron chi connectivity index (χ3n) is 3.55. The Morgan fingerprint density at radius 3 is 2.33 bits per heavy atom. The Morgan fingerprint density at radius 2 is 1.70 bits per heavy atom. The molecule has 0 aliphatic rings. The number of nitrogens with zero attached hydrogens (tertiary/aromatic N) is 1. The van der Waals surface area contributed by atoms with Gasteiger partial charge in [-0.2, -0.15) is 13.4 Å². The molecule has 0 bridgehead atoms. The van der Waals surface area contributed by atoms with E-state index in [-0.39, 0.29) is 11.5 Å². The van der Waals surface area contributed by atoms with Gasteiger partial charge in [0.2, 0.25) is 0 Å². The minimum Gasteiger partial charge on any atom is -0.493 e. The van der Waals surface area contributed by atoms with Gasteiger partial charge in [0.05, 0.1) is 18.5 Å². The molecule has 27 heavy (non-hydrogen) atoms. The summed E-state index contributed by atoms with van der Waals surface area (Å²) in [5.74, 6) is -0.160. The molecule has 1 heterocycles. The molecule has 0 saturated carbocycles. The second kappa shape index (κ2) is 7.39. The van der Waals surface area contributed by atoms with E-state index in [1.807, 2.05) is 0 Å². The molecule has 0 spiro atoms. The van der Waals surface area contributed by atoms with Crippen LogP contribution < -0.4 is 14.6 Å². The lowest BCUT2D eigenvalue weighted by atomic mass is 10.1. The maximum atomic E-state index is 12.0. The predicted molar refractivity (Wildman–Crippen MR) is 99.5 cm³/mol. The zero-order valence-corrected chi connectivity index (χ0v) is 15.4. The maximum absolute atomic E-state index is 12.0. The van der Waals surface area contributed by atoms with Crippen molar-refractivity contribution in [2.24, 2.45) is 0 Å². The summed E-state index contributed by atoms with van der Waals surface area (Å²) in [7, 11) is -3.40. The van der Waals surface area contributed by atoms with Gasteiger partial charge in [0.25, 0.3) is 0 Å². The van der Waals surface area contributed by atoms with Gasteiger partial charge in [-0.15, -0.1) is 0 Å².